The molecule has 0 aliphatic carbocycles. The van der Waals surface area contributed by atoms with Gasteiger partial charge in [-0.25, -0.2) is 0 Å². The number of nitrogens with one attached hydrogen (secondary N) is 1. The molecule has 21 heavy (non-hydrogen) atoms. The summed E-state index contributed by atoms with van der Waals surface area (Å²) in [5.41, 5.74) is 0.539. The van der Waals surface area contributed by atoms with Crippen LogP contribution in [0.2, 0.25) is 10.0 Å². The standard InChI is InChI=1S/C15H20Cl2N2O2/c1-10-9-19(6-4-14(10)20)7-5-15(21)18-13-8-11(16)2-3-12(13)17/h2-3,8,10,14,20H,4-7,9H2,1H3,(H,18,21). The quantitative estimate of drug-likeness (QED) is 0.892. The molecule has 0 bridgehead atoms. The maximum atomic E-state index is 12.0. The number of piperidine rings is 1. The molecule has 1 aromatic rings. The van der Waals surface area contributed by atoms with Crippen LogP contribution in [-0.4, -0.2) is 41.7 Å². The summed E-state index contributed by atoms with van der Waals surface area (Å²) in [5, 5.41) is 13.5. The van der Waals surface area contributed by atoms with Gasteiger partial charge in [0.2, 0.25) is 5.91 Å². The minimum absolute atomic E-state index is 0.0852. The van der Waals surface area contributed by atoms with Crippen molar-refractivity contribution in [3.8, 4) is 0 Å². The van der Waals surface area contributed by atoms with E-state index >= 15 is 0 Å². The monoisotopic (exact) mass is 330 g/mol. The number of nitrogens with zero attached hydrogens (tertiary/aromatic N) is 1. The van der Waals surface area contributed by atoms with E-state index in [9.17, 15) is 9.90 Å². The summed E-state index contributed by atoms with van der Waals surface area (Å²) >= 11 is 11.9. The maximum absolute atomic E-state index is 12.0. The minimum Gasteiger partial charge on any atom is -0.393 e. The lowest BCUT2D eigenvalue weighted by Gasteiger charge is -2.34. The van der Waals surface area contributed by atoms with Crippen molar-refractivity contribution in [3.05, 3.63) is 28.2 Å². The summed E-state index contributed by atoms with van der Waals surface area (Å²) in [7, 11) is 0. The maximum Gasteiger partial charge on any atom is 0.225 e. The van der Waals surface area contributed by atoms with Gasteiger partial charge in [0.25, 0.3) is 0 Å². The predicted molar refractivity (Wildman–Crippen MR) is 85.9 cm³/mol. The predicted octanol–water partition coefficient (Wildman–Crippen LogP) is 3.02. The fourth-order valence-corrected chi connectivity index (χ4v) is 2.83. The van der Waals surface area contributed by atoms with E-state index in [1.165, 1.54) is 0 Å². The van der Waals surface area contributed by atoms with Crippen LogP contribution in [-0.2, 0) is 4.79 Å². The summed E-state index contributed by atoms with van der Waals surface area (Å²) in [6, 6.07) is 4.98. The van der Waals surface area contributed by atoms with Crippen molar-refractivity contribution >= 4 is 34.8 Å². The fourth-order valence-electron chi connectivity index (χ4n) is 2.49. The molecule has 1 aliphatic rings. The molecule has 2 atom stereocenters. The second-order valence-corrected chi connectivity index (χ2v) is 6.40. The van der Waals surface area contributed by atoms with Gasteiger partial charge in [0.05, 0.1) is 16.8 Å². The van der Waals surface area contributed by atoms with E-state index in [0.29, 0.717) is 28.7 Å². The molecular weight excluding hydrogens is 311 g/mol. The van der Waals surface area contributed by atoms with Crippen LogP contribution in [0.1, 0.15) is 19.8 Å². The van der Waals surface area contributed by atoms with Crippen molar-refractivity contribution in [2.45, 2.75) is 25.9 Å². The number of likely N-dealkylation sites (tertiary alicyclic amines) is 1. The molecule has 2 rings (SSSR count). The topological polar surface area (TPSA) is 52.6 Å². The Labute approximate surface area is 135 Å². The molecule has 0 spiro atoms. The number of carbonyl (C=O) groups is 1. The summed E-state index contributed by atoms with van der Waals surface area (Å²) in [6.07, 6.45) is 0.939. The lowest BCUT2D eigenvalue weighted by atomic mass is 9.97. The first kappa shape index (κ1) is 16.6. The number of halogens is 2. The van der Waals surface area contributed by atoms with Gasteiger partial charge in [0.1, 0.15) is 0 Å². The number of hydrogen-bond donors (Lipinski definition) is 2. The van der Waals surface area contributed by atoms with Gasteiger partial charge in [-0.2, -0.15) is 0 Å². The first-order valence-corrected chi connectivity index (χ1v) is 7.86. The Balaban J connectivity index is 1.81. The van der Waals surface area contributed by atoms with Crippen molar-refractivity contribution in [2.75, 3.05) is 25.0 Å². The smallest absolute Gasteiger partial charge is 0.225 e. The molecule has 1 amide bonds. The molecule has 6 heteroatoms. The van der Waals surface area contributed by atoms with Crippen LogP contribution in [0.15, 0.2) is 18.2 Å². The molecule has 0 radical (unpaired) electrons. The van der Waals surface area contributed by atoms with Crippen molar-refractivity contribution in [3.63, 3.8) is 0 Å². The van der Waals surface area contributed by atoms with Gasteiger partial charge in [-0.05, 0) is 30.5 Å². The molecule has 0 aromatic heterocycles. The van der Waals surface area contributed by atoms with Crippen molar-refractivity contribution in [1.82, 2.24) is 4.90 Å². The summed E-state index contributed by atoms with van der Waals surface area (Å²) < 4.78 is 0. The number of aliphatic hydroxyl groups excluding tert-OH is 1. The number of amides is 1. The van der Waals surface area contributed by atoms with Crippen LogP contribution >= 0.6 is 23.2 Å². The van der Waals surface area contributed by atoms with E-state index < -0.39 is 0 Å². The Morgan fingerprint density at radius 3 is 2.95 bits per heavy atom. The number of carbonyl (C=O) groups excluding carboxylic acids is 1. The van der Waals surface area contributed by atoms with Gasteiger partial charge >= 0.3 is 0 Å². The Morgan fingerprint density at radius 1 is 1.48 bits per heavy atom. The van der Waals surface area contributed by atoms with Gasteiger partial charge in [-0.15, -0.1) is 0 Å². The highest BCUT2D eigenvalue weighted by atomic mass is 35.5. The molecule has 1 aliphatic heterocycles. The summed E-state index contributed by atoms with van der Waals surface area (Å²) in [5.74, 6) is 0.169. The Bertz CT molecular complexity index is 510. The SMILES string of the molecule is CC1CN(CCC(=O)Nc2cc(Cl)ccc2Cl)CCC1O. The van der Waals surface area contributed by atoms with E-state index in [-0.39, 0.29) is 17.9 Å². The molecule has 1 saturated heterocycles. The highest BCUT2D eigenvalue weighted by molar-refractivity contribution is 6.35. The van der Waals surface area contributed by atoms with Crippen molar-refractivity contribution in [1.29, 1.82) is 0 Å². The van der Waals surface area contributed by atoms with Gasteiger partial charge in [0.15, 0.2) is 0 Å². The second-order valence-electron chi connectivity index (χ2n) is 5.56. The lowest BCUT2D eigenvalue weighted by molar-refractivity contribution is -0.116. The number of hydrogen-bond acceptors (Lipinski definition) is 3. The minimum atomic E-state index is -0.222. The van der Waals surface area contributed by atoms with Gasteiger partial charge in [-0.3, -0.25) is 4.79 Å². The third-order valence-electron chi connectivity index (χ3n) is 3.80. The highest BCUT2D eigenvalue weighted by Crippen LogP contribution is 2.25. The zero-order valence-electron chi connectivity index (χ0n) is 12.0. The van der Waals surface area contributed by atoms with Crippen LogP contribution in [0.3, 0.4) is 0 Å². The summed E-state index contributed by atoms with van der Waals surface area (Å²) in [4.78, 5) is 14.2. The number of benzene rings is 1. The van der Waals surface area contributed by atoms with E-state index in [1.54, 1.807) is 18.2 Å². The third kappa shape index (κ3) is 4.85. The Kier molecular flexibility index (Phi) is 5.88. The molecule has 2 unspecified atom stereocenters. The number of aliphatic hydroxyl groups is 1. The van der Waals surface area contributed by atoms with E-state index in [4.69, 9.17) is 23.2 Å². The van der Waals surface area contributed by atoms with Crippen molar-refractivity contribution < 1.29 is 9.90 Å². The number of anilines is 1. The van der Waals surface area contributed by atoms with E-state index in [1.807, 2.05) is 6.92 Å². The van der Waals surface area contributed by atoms with Crippen LogP contribution in [0.25, 0.3) is 0 Å². The van der Waals surface area contributed by atoms with Crippen LogP contribution < -0.4 is 5.32 Å². The van der Waals surface area contributed by atoms with E-state index in [0.717, 1.165) is 19.5 Å². The largest absolute Gasteiger partial charge is 0.393 e. The average Bonchev–Trinajstić information content (AvgIpc) is 2.44. The molecule has 1 aromatic carbocycles. The lowest BCUT2D eigenvalue weighted by Crippen LogP contribution is -2.42. The fraction of sp³-hybridized carbons (Fsp3) is 0.533. The molecular formula is C15H20Cl2N2O2. The van der Waals surface area contributed by atoms with Crippen LogP contribution in [0.5, 0.6) is 0 Å². The first-order valence-electron chi connectivity index (χ1n) is 7.11. The molecule has 1 fully saturated rings. The number of rotatable bonds is 4. The third-order valence-corrected chi connectivity index (χ3v) is 4.37. The van der Waals surface area contributed by atoms with Gasteiger partial charge < -0.3 is 15.3 Å². The van der Waals surface area contributed by atoms with Crippen LogP contribution in [0, 0.1) is 5.92 Å². The zero-order chi connectivity index (χ0) is 15.4. The highest BCUT2D eigenvalue weighted by Gasteiger charge is 2.24. The van der Waals surface area contributed by atoms with Gasteiger partial charge in [-0.1, -0.05) is 30.1 Å². The van der Waals surface area contributed by atoms with Crippen molar-refractivity contribution in [2.24, 2.45) is 5.92 Å². The Hall–Kier alpha value is -0.810. The average molecular weight is 331 g/mol. The molecule has 4 nitrogen and oxygen atoms in total. The van der Waals surface area contributed by atoms with Gasteiger partial charge in [0, 0.05) is 31.1 Å². The molecule has 116 valence electrons. The molecule has 1 heterocycles. The van der Waals surface area contributed by atoms with E-state index in [2.05, 4.69) is 10.2 Å². The second kappa shape index (κ2) is 7.45. The normalized spacial score (nSPS) is 23.0. The summed E-state index contributed by atoms with van der Waals surface area (Å²) in [6.45, 7) is 4.37. The first-order chi connectivity index (χ1) is 9.95. The van der Waals surface area contributed by atoms with Crippen LogP contribution in [0.4, 0.5) is 5.69 Å². The zero-order valence-corrected chi connectivity index (χ0v) is 13.5. The molecule has 2 N–H and O–H groups in total. The Morgan fingerprint density at radius 2 is 2.24 bits per heavy atom. The molecule has 0 saturated carbocycles.